The summed E-state index contributed by atoms with van der Waals surface area (Å²) in [7, 11) is 0. The number of carbonyl (C=O) groups excluding carboxylic acids is 1. The Morgan fingerprint density at radius 1 is 1.85 bits per heavy atom. The summed E-state index contributed by atoms with van der Waals surface area (Å²) >= 11 is 1.09. The average molecular weight is 202 g/mol. The molecule has 0 aliphatic rings. The minimum absolute atomic E-state index is 0.0889. The van der Waals surface area contributed by atoms with Crippen LogP contribution in [0.4, 0.5) is 9.80 Å². The van der Waals surface area contributed by atoms with Crippen LogP contribution in [0, 0.1) is 0 Å². The monoisotopic (exact) mass is 202 g/mol. The number of rotatable bonds is 3. The first-order chi connectivity index (χ1) is 6.22. The first-order valence-electron chi connectivity index (χ1n) is 3.68. The van der Waals surface area contributed by atoms with E-state index in [4.69, 9.17) is 5.11 Å². The fourth-order valence-electron chi connectivity index (χ4n) is 0.640. The lowest BCUT2D eigenvalue weighted by molar-refractivity contribution is 0.229. The standard InChI is InChI=1S/C6H10N4O2S/c1-4(3-11)8-6(12)9-5-2-7-10-13-5/h2,4,11H,3H2,1H3,(H2,8,9,12)/t4-/m0/s1. The van der Waals surface area contributed by atoms with Crippen LogP contribution < -0.4 is 10.6 Å². The molecule has 2 amide bonds. The highest BCUT2D eigenvalue weighted by molar-refractivity contribution is 7.10. The Morgan fingerprint density at radius 3 is 3.15 bits per heavy atom. The smallest absolute Gasteiger partial charge is 0.320 e. The van der Waals surface area contributed by atoms with Crippen molar-refractivity contribution in [2.45, 2.75) is 13.0 Å². The Labute approximate surface area is 79.1 Å². The predicted molar refractivity (Wildman–Crippen MR) is 48.6 cm³/mol. The van der Waals surface area contributed by atoms with Gasteiger partial charge in [-0.1, -0.05) is 4.49 Å². The van der Waals surface area contributed by atoms with Crippen LogP contribution in [-0.2, 0) is 0 Å². The molecular formula is C6H10N4O2S. The molecule has 0 aliphatic heterocycles. The molecule has 0 saturated carbocycles. The van der Waals surface area contributed by atoms with Gasteiger partial charge in [0.1, 0.15) is 5.00 Å². The molecule has 1 atom stereocenters. The lowest BCUT2D eigenvalue weighted by atomic mass is 10.4. The van der Waals surface area contributed by atoms with E-state index in [2.05, 4.69) is 20.2 Å². The largest absolute Gasteiger partial charge is 0.394 e. The maximum absolute atomic E-state index is 11.1. The second kappa shape index (κ2) is 4.73. The number of anilines is 1. The number of urea groups is 1. The van der Waals surface area contributed by atoms with Crippen molar-refractivity contribution in [2.75, 3.05) is 11.9 Å². The lowest BCUT2D eigenvalue weighted by Crippen LogP contribution is -2.37. The van der Waals surface area contributed by atoms with Crippen molar-refractivity contribution in [3.63, 3.8) is 0 Å². The summed E-state index contributed by atoms with van der Waals surface area (Å²) in [6.07, 6.45) is 1.45. The molecule has 0 fully saturated rings. The molecule has 13 heavy (non-hydrogen) atoms. The number of carbonyl (C=O) groups is 1. The van der Waals surface area contributed by atoms with Gasteiger partial charge >= 0.3 is 6.03 Å². The number of hydrogen-bond donors (Lipinski definition) is 3. The van der Waals surface area contributed by atoms with Gasteiger partial charge in [0.15, 0.2) is 0 Å². The van der Waals surface area contributed by atoms with E-state index >= 15 is 0 Å². The van der Waals surface area contributed by atoms with Gasteiger partial charge in [-0.25, -0.2) is 4.79 Å². The van der Waals surface area contributed by atoms with E-state index in [0.29, 0.717) is 5.00 Å². The van der Waals surface area contributed by atoms with Crippen LogP contribution in [-0.4, -0.2) is 33.4 Å². The van der Waals surface area contributed by atoms with Crippen molar-refractivity contribution in [3.8, 4) is 0 Å². The molecule has 0 aromatic carbocycles. The van der Waals surface area contributed by atoms with Crippen LogP contribution in [0.5, 0.6) is 0 Å². The van der Waals surface area contributed by atoms with E-state index < -0.39 is 0 Å². The first kappa shape index (κ1) is 9.87. The van der Waals surface area contributed by atoms with E-state index in [9.17, 15) is 4.79 Å². The van der Waals surface area contributed by atoms with E-state index in [1.165, 1.54) is 6.20 Å². The molecule has 0 saturated heterocycles. The third-order valence-corrected chi connectivity index (χ3v) is 1.83. The Hall–Kier alpha value is -1.21. The second-order valence-corrected chi connectivity index (χ2v) is 3.25. The number of nitrogens with one attached hydrogen (secondary N) is 2. The van der Waals surface area contributed by atoms with Crippen LogP contribution in [0.1, 0.15) is 6.92 Å². The summed E-state index contributed by atoms with van der Waals surface area (Å²) in [5.74, 6) is 0. The highest BCUT2D eigenvalue weighted by Gasteiger charge is 2.06. The zero-order chi connectivity index (χ0) is 9.68. The third-order valence-electron chi connectivity index (χ3n) is 1.25. The van der Waals surface area contributed by atoms with Crippen LogP contribution >= 0.6 is 11.5 Å². The van der Waals surface area contributed by atoms with Gasteiger partial charge in [-0.3, -0.25) is 5.32 Å². The minimum atomic E-state index is -0.368. The van der Waals surface area contributed by atoms with Crippen molar-refractivity contribution >= 4 is 22.6 Å². The molecule has 0 aliphatic carbocycles. The molecular weight excluding hydrogens is 192 g/mol. The number of aromatic nitrogens is 2. The van der Waals surface area contributed by atoms with Crippen molar-refractivity contribution in [1.82, 2.24) is 14.9 Å². The Bertz CT molecular complexity index is 264. The van der Waals surface area contributed by atoms with Crippen LogP contribution in [0.15, 0.2) is 6.20 Å². The molecule has 0 radical (unpaired) electrons. The molecule has 1 heterocycles. The topological polar surface area (TPSA) is 87.1 Å². The van der Waals surface area contributed by atoms with Gasteiger partial charge < -0.3 is 10.4 Å². The van der Waals surface area contributed by atoms with Crippen LogP contribution in [0.3, 0.4) is 0 Å². The second-order valence-electron chi connectivity index (χ2n) is 2.46. The molecule has 1 aromatic heterocycles. The van der Waals surface area contributed by atoms with Gasteiger partial charge in [0.25, 0.3) is 0 Å². The number of aliphatic hydroxyl groups is 1. The summed E-state index contributed by atoms with van der Waals surface area (Å²) in [5.41, 5.74) is 0. The average Bonchev–Trinajstić information content (AvgIpc) is 2.56. The number of amides is 2. The van der Waals surface area contributed by atoms with Gasteiger partial charge in [-0.2, -0.15) is 0 Å². The normalized spacial score (nSPS) is 12.2. The zero-order valence-electron chi connectivity index (χ0n) is 7.02. The summed E-state index contributed by atoms with van der Waals surface area (Å²) in [6.45, 7) is 1.61. The molecule has 72 valence electrons. The molecule has 0 spiro atoms. The summed E-state index contributed by atoms with van der Waals surface area (Å²) in [6, 6.07) is -0.631. The van der Waals surface area contributed by atoms with E-state index in [1.807, 2.05) is 0 Å². The highest BCUT2D eigenvalue weighted by atomic mass is 32.1. The van der Waals surface area contributed by atoms with Crippen LogP contribution in [0.25, 0.3) is 0 Å². The lowest BCUT2D eigenvalue weighted by Gasteiger charge is -2.09. The first-order valence-corrected chi connectivity index (χ1v) is 4.45. The van der Waals surface area contributed by atoms with Crippen molar-refractivity contribution in [2.24, 2.45) is 0 Å². The van der Waals surface area contributed by atoms with Crippen molar-refractivity contribution in [3.05, 3.63) is 6.20 Å². The van der Waals surface area contributed by atoms with Gasteiger partial charge in [0.05, 0.1) is 18.8 Å². The fraction of sp³-hybridized carbons (Fsp3) is 0.500. The van der Waals surface area contributed by atoms with Gasteiger partial charge in [-0.15, -0.1) is 5.10 Å². The molecule has 1 aromatic rings. The highest BCUT2D eigenvalue weighted by Crippen LogP contribution is 2.08. The van der Waals surface area contributed by atoms with Gasteiger partial charge in [0.2, 0.25) is 0 Å². The quantitative estimate of drug-likeness (QED) is 0.646. The van der Waals surface area contributed by atoms with Gasteiger partial charge in [0, 0.05) is 11.5 Å². The van der Waals surface area contributed by atoms with E-state index in [1.54, 1.807) is 6.92 Å². The SMILES string of the molecule is C[C@@H](CO)NC(=O)Nc1cnns1. The zero-order valence-corrected chi connectivity index (χ0v) is 7.84. The van der Waals surface area contributed by atoms with Crippen molar-refractivity contribution < 1.29 is 9.90 Å². The van der Waals surface area contributed by atoms with Crippen LogP contribution in [0.2, 0.25) is 0 Å². The number of aliphatic hydroxyl groups excluding tert-OH is 1. The molecule has 7 heteroatoms. The summed E-state index contributed by atoms with van der Waals surface area (Å²) < 4.78 is 3.57. The molecule has 0 unspecified atom stereocenters. The summed E-state index contributed by atoms with van der Waals surface area (Å²) in [5, 5.41) is 17.8. The Kier molecular flexibility index (Phi) is 3.59. The molecule has 6 nitrogen and oxygen atoms in total. The van der Waals surface area contributed by atoms with Gasteiger partial charge in [-0.05, 0) is 6.92 Å². The Morgan fingerprint density at radius 2 is 2.62 bits per heavy atom. The maximum atomic E-state index is 11.1. The molecule has 3 N–H and O–H groups in total. The Balaban J connectivity index is 2.34. The fourth-order valence-corrected chi connectivity index (χ4v) is 1.05. The molecule has 0 bridgehead atoms. The predicted octanol–water partition coefficient (Wildman–Crippen LogP) is 0.0404. The third kappa shape index (κ3) is 3.34. The van der Waals surface area contributed by atoms with E-state index in [0.717, 1.165) is 11.5 Å². The van der Waals surface area contributed by atoms with E-state index in [-0.39, 0.29) is 18.7 Å². The number of nitrogens with zero attached hydrogens (tertiary/aromatic N) is 2. The van der Waals surface area contributed by atoms with Crippen molar-refractivity contribution in [1.29, 1.82) is 0 Å². The molecule has 1 rings (SSSR count). The maximum Gasteiger partial charge on any atom is 0.320 e. The summed E-state index contributed by atoms with van der Waals surface area (Å²) in [4.78, 5) is 11.1. The number of hydrogen-bond acceptors (Lipinski definition) is 5. The minimum Gasteiger partial charge on any atom is -0.394 e.